The zero-order valence-corrected chi connectivity index (χ0v) is 23.9. The number of aliphatic hydroxyl groups is 4. The summed E-state index contributed by atoms with van der Waals surface area (Å²) < 4.78 is 5.67. The second-order valence-electron chi connectivity index (χ2n) is 10.6. The van der Waals surface area contributed by atoms with Gasteiger partial charge in [0.25, 0.3) is 0 Å². The lowest BCUT2D eigenvalue weighted by atomic mass is 9.98. The van der Waals surface area contributed by atoms with E-state index < -0.39 is 18.3 Å². The summed E-state index contributed by atoms with van der Waals surface area (Å²) in [6.07, 6.45) is 16.5. The van der Waals surface area contributed by atoms with Crippen molar-refractivity contribution in [1.29, 1.82) is 0 Å². The number of aliphatic hydroxyl groups excluding tert-OH is 4. The Labute approximate surface area is 233 Å². The highest BCUT2D eigenvalue weighted by atomic mass is 16.5. The molecule has 3 atom stereocenters. The molecule has 1 aromatic rings. The average molecular weight is 533 g/mol. The summed E-state index contributed by atoms with van der Waals surface area (Å²) in [6, 6.07) is 10.1. The fourth-order valence-electron chi connectivity index (χ4n) is 4.58. The fraction of sp³-hybridized carbons (Fsp3) is 0.758. The van der Waals surface area contributed by atoms with Crippen molar-refractivity contribution in [2.24, 2.45) is 0 Å². The lowest BCUT2D eigenvalue weighted by molar-refractivity contribution is -0.0654. The lowest BCUT2D eigenvalue weighted by Crippen LogP contribution is -2.37. The molecular weight excluding hydrogens is 476 g/mol. The maximum absolute atomic E-state index is 10.2. The standard InChI is InChI=1S/C33H56O5/c34-27-21-14-12-10-8-6-4-2-1-3-5-7-9-11-13-19-25-31(35)33(37)32(36)26-20-16-22-28-38-29-30-23-17-15-18-24-30/h15,17-18,23-24,31-37H,2,4-14,16,19-22,25-29H2/t31-,32+,33+/m1/s1. The molecule has 0 spiro atoms. The quantitative estimate of drug-likeness (QED) is 0.0832. The summed E-state index contributed by atoms with van der Waals surface area (Å²) in [5, 5.41) is 39.5. The first-order valence-electron chi connectivity index (χ1n) is 15.4. The van der Waals surface area contributed by atoms with E-state index in [2.05, 4.69) is 24.0 Å². The molecule has 5 heteroatoms. The van der Waals surface area contributed by atoms with Gasteiger partial charge in [-0.15, -0.1) is 11.8 Å². The van der Waals surface area contributed by atoms with Crippen molar-refractivity contribution in [2.75, 3.05) is 13.2 Å². The van der Waals surface area contributed by atoms with E-state index in [-0.39, 0.29) is 0 Å². The first-order valence-corrected chi connectivity index (χ1v) is 15.4. The van der Waals surface area contributed by atoms with Crippen molar-refractivity contribution in [1.82, 2.24) is 0 Å². The number of hydrogen-bond donors (Lipinski definition) is 4. The minimum Gasteiger partial charge on any atom is -0.396 e. The van der Waals surface area contributed by atoms with Crippen LogP contribution in [-0.4, -0.2) is 52.0 Å². The molecular formula is C33H56O5. The van der Waals surface area contributed by atoms with Gasteiger partial charge in [0.1, 0.15) is 6.10 Å². The summed E-state index contributed by atoms with van der Waals surface area (Å²) >= 11 is 0. The van der Waals surface area contributed by atoms with Crippen LogP contribution in [-0.2, 0) is 11.3 Å². The van der Waals surface area contributed by atoms with Crippen LogP contribution in [0.1, 0.15) is 128 Å². The van der Waals surface area contributed by atoms with Gasteiger partial charge < -0.3 is 25.2 Å². The van der Waals surface area contributed by atoms with E-state index in [1.807, 2.05) is 18.2 Å². The molecule has 1 aromatic carbocycles. The highest BCUT2D eigenvalue weighted by Crippen LogP contribution is 2.15. The van der Waals surface area contributed by atoms with Crippen LogP contribution < -0.4 is 0 Å². The molecule has 5 nitrogen and oxygen atoms in total. The second-order valence-corrected chi connectivity index (χ2v) is 10.6. The third-order valence-electron chi connectivity index (χ3n) is 7.08. The van der Waals surface area contributed by atoms with Gasteiger partial charge >= 0.3 is 0 Å². The zero-order valence-electron chi connectivity index (χ0n) is 23.9. The molecule has 0 aliphatic heterocycles. The third kappa shape index (κ3) is 20.5. The molecule has 0 fully saturated rings. The Morgan fingerprint density at radius 1 is 0.579 bits per heavy atom. The van der Waals surface area contributed by atoms with Gasteiger partial charge in [-0.05, 0) is 44.1 Å². The lowest BCUT2D eigenvalue weighted by Gasteiger charge is -2.23. The molecule has 0 bridgehead atoms. The molecule has 0 aliphatic carbocycles. The van der Waals surface area contributed by atoms with Crippen LogP contribution >= 0.6 is 0 Å². The molecule has 0 unspecified atom stereocenters. The van der Waals surface area contributed by atoms with E-state index in [0.717, 1.165) is 77.0 Å². The summed E-state index contributed by atoms with van der Waals surface area (Å²) in [4.78, 5) is 0. The molecule has 0 aromatic heterocycles. The topological polar surface area (TPSA) is 90.2 Å². The molecule has 0 heterocycles. The van der Waals surface area contributed by atoms with Gasteiger partial charge in [0.05, 0.1) is 18.8 Å². The fourth-order valence-corrected chi connectivity index (χ4v) is 4.58. The van der Waals surface area contributed by atoms with E-state index >= 15 is 0 Å². The van der Waals surface area contributed by atoms with Crippen molar-refractivity contribution in [2.45, 2.75) is 147 Å². The zero-order chi connectivity index (χ0) is 27.5. The van der Waals surface area contributed by atoms with Crippen LogP contribution in [0.3, 0.4) is 0 Å². The molecule has 0 saturated carbocycles. The Morgan fingerprint density at radius 3 is 1.61 bits per heavy atom. The van der Waals surface area contributed by atoms with Crippen LogP contribution in [0, 0.1) is 11.8 Å². The normalized spacial score (nSPS) is 13.6. The highest BCUT2D eigenvalue weighted by molar-refractivity contribution is 5.13. The maximum atomic E-state index is 10.2. The third-order valence-corrected chi connectivity index (χ3v) is 7.08. The van der Waals surface area contributed by atoms with Gasteiger partial charge in [0.15, 0.2) is 0 Å². The van der Waals surface area contributed by atoms with Crippen LogP contribution in [0.15, 0.2) is 30.3 Å². The van der Waals surface area contributed by atoms with Crippen molar-refractivity contribution in [3.8, 4) is 11.8 Å². The number of unbranched alkanes of at least 4 members (excludes halogenated alkanes) is 14. The Hall–Kier alpha value is -1.42. The number of hydrogen-bond acceptors (Lipinski definition) is 5. The summed E-state index contributed by atoms with van der Waals surface area (Å²) in [6.45, 7) is 1.63. The SMILES string of the molecule is OCCCCCCCCCC#CCCCCCCC[C@@H](O)[C@H](O)[C@@H](O)CCCCCOCc1ccccc1. The van der Waals surface area contributed by atoms with Gasteiger partial charge in [0, 0.05) is 26.1 Å². The maximum Gasteiger partial charge on any atom is 0.106 e. The van der Waals surface area contributed by atoms with Crippen LogP contribution in [0.25, 0.3) is 0 Å². The van der Waals surface area contributed by atoms with Crippen LogP contribution in [0.2, 0.25) is 0 Å². The first-order chi connectivity index (χ1) is 18.6. The van der Waals surface area contributed by atoms with E-state index in [1.54, 1.807) is 0 Å². The van der Waals surface area contributed by atoms with Crippen molar-refractivity contribution >= 4 is 0 Å². The van der Waals surface area contributed by atoms with Crippen molar-refractivity contribution in [3.05, 3.63) is 35.9 Å². The van der Waals surface area contributed by atoms with E-state index in [0.29, 0.717) is 32.7 Å². The van der Waals surface area contributed by atoms with Gasteiger partial charge in [-0.25, -0.2) is 0 Å². The predicted octanol–water partition coefficient (Wildman–Crippen LogP) is 6.69. The summed E-state index contributed by atoms with van der Waals surface area (Å²) in [5.41, 5.74) is 1.17. The molecule has 218 valence electrons. The number of benzene rings is 1. The molecule has 0 saturated heterocycles. The molecule has 38 heavy (non-hydrogen) atoms. The van der Waals surface area contributed by atoms with Crippen LogP contribution in [0.5, 0.6) is 0 Å². The van der Waals surface area contributed by atoms with E-state index in [1.165, 1.54) is 37.7 Å². The van der Waals surface area contributed by atoms with E-state index in [4.69, 9.17) is 9.84 Å². The Kier molecular flexibility index (Phi) is 23.5. The number of ether oxygens (including phenoxy) is 1. The molecule has 0 radical (unpaired) electrons. The molecule has 0 aliphatic rings. The van der Waals surface area contributed by atoms with Crippen molar-refractivity contribution in [3.63, 3.8) is 0 Å². The largest absolute Gasteiger partial charge is 0.396 e. The summed E-state index contributed by atoms with van der Waals surface area (Å²) in [5.74, 6) is 6.59. The highest BCUT2D eigenvalue weighted by Gasteiger charge is 2.23. The minimum atomic E-state index is -1.06. The number of rotatable bonds is 25. The molecule has 0 amide bonds. The average Bonchev–Trinajstić information content (AvgIpc) is 2.94. The van der Waals surface area contributed by atoms with Gasteiger partial charge in [-0.3, -0.25) is 0 Å². The van der Waals surface area contributed by atoms with Crippen LogP contribution in [0.4, 0.5) is 0 Å². The Bertz CT molecular complexity index is 684. The first kappa shape index (κ1) is 34.6. The van der Waals surface area contributed by atoms with Crippen molar-refractivity contribution < 1.29 is 25.2 Å². The molecule has 1 rings (SSSR count). The van der Waals surface area contributed by atoms with Gasteiger partial charge in [0.2, 0.25) is 0 Å². The van der Waals surface area contributed by atoms with E-state index in [9.17, 15) is 15.3 Å². The smallest absolute Gasteiger partial charge is 0.106 e. The second kappa shape index (κ2) is 25.8. The van der Waals surface area contributed by atoms with Gasteiger partial charge in [-0.2, -0.15) is 0 Å². The van der Waals surface area contributed by atoms with Gasteiger partial charge in [-0.1, -0.05) is 101 Å². The summed E-state index contributed by atoms with van der Waals surface area (Å²) in [7, 11) is 0. The Balaban J connectivity index is 1.88. The predicted molar refractivity (Wildman–Crippen MR) is 157 cm³/mol. The Morgan fingerprint density at radius 2 is 1.05 bits per heavy atom. The molecule has 4 N–H and O–H groups in total. The monoisotopic (exact) mass is 532 g/mol. The minimum absolute atomic E-state index is 0.322.